The van der Waals surface area contributed by atoms with Crippen LogP contribution in [0.1, 0.15) is 16.7 Å². The zero-order valence-corrected chi connectivity index (χ0v) is 15.8. The smallest absolute Gasteiger partial charge is 0.123 e. The summed E-state index contributed by atoms with van der Waals surface area (Å²) < 4.78 is 11.2. The van der Waals surface area contributed by atoms with Crippen LogP contribution >= 0.6 is 11.6 Å². The molecule has 3 rings (SSSR count). The summed E-state index contributed by atoms with van der Waals surface area (Å²) in [7, 11) is 1.66. The molecule has 27 heavy (non-hydrogen) atoms. The number of hydrogen-bond donors (Lipinski definition) is 1. The predicted octanol–water partition coefficient (Wildman–Crippen LogP) is 5.05. The van der Waals surface area contributed by atoms with Crippen LogP contribution in [0.15, 0.2) is 77.9 Å². The monoisotopic (exact) mass is 380 g/mol. The third-order valence-corrected chi connectivity index (χ3v) is 4.15. The summed E-state index contributed by atoms with van der Waals surface area (Å²) in [5.74, 6) is 1.63. The Morgan fingerprint density at radius 2 is 1.85 bits per heavy atom. The van der Waals surface area contributed by atoms with Gasteiger partial charge in [-0.25, -0.2) is 0 Å². The highest BCUT2D eigenvalue weighted by Gasteiger charge is 2.00. The Kier molecular flexibility index (Phi) is 6.72. The molecule has 138 valence electrons. The second-order valence-corrected chi connectivity index (χ2v) is 6.33. The van der Waals surface area contributed by atoms with E-state index in [9.17, 15) is 0 Å². The number of halogens is 1. The summed E-state index contributed by atoms with van der Waals surface area (Å²) in [6.07, 6.45) is 1.77. The molecule has 0 heterocycles. The fourth-order valence-corrected chi connectivity index (χ4v) is 2.79. The molecule has 0 amide bonds. The fraction of sp³-hybridized carbons (Fsp3) is 0.136. The molecule has 0 atom stereocenters. The Balaban J connectivity index is 1.54. The summed E-state index contributed by atoms with van der Waals surface area (Å²) in [6.45, 7) is 1.05. The molecule has 0 aromatic heterocycles. The Bertz CT molecular complexity index is 912. The lowest BCUT2D eigenvalue weighted by molar-refractivity contribution is 0.306. The van der Waals surface area contributed by atoms with E-state index in [2.05, 4.69) is 10.5 Å². The first kappa shape index (κ1) is 18.8. The van der Waals surface area contributed by atoms with Gasteiger partial charge in [0.1, 0.15) is 18.1 Å². The minimum absolute atomic E-state index is 0.465. The zero-order valence-electron chi connectivity index (χ0n) is 15.1. The van der Waals surface area contributed by atoms with Crippen LogP contribution in [0.3, 0.4) is 0 Å². The van der Waals surface area contributed by atoms with Gasteiger partial charge in [-0.1, -0.05) is 54.1 Å². The molecule has 0 radical (unpaired) electrons. The molecular formula is C22H21ClN2O2. The van der Waals surface area contributed by atoms with Crippen molar-refractivity contribution < 1.29 is 9.47 Å². The van der Waals surface area contributed by atoms with Crippen LogP contribution < -0.4 is 14.9 Å². The third-order valence-electron chi connectivity index (χ3n) is 3.92. The van der Waals surface area contributed by atoms with Crippen molar-refractivity contribution in [3.05, 3.63) is 94.5 Å². The van der Waals surface area contributed by atoms with Gasteiger partial charge in [0.2, 0.25) is 0 Å². The van der Waals surface area contributed by atoms with Crippen LogP contribution in [0.5, 0.6) is 11.5 Å². The van der Waals surface area contributed by atoms with Gasteiger partial charge >= 0.3 is 0 Å². The van der Waals surface area contributed by atoms with E-state index < -0.39 is 0 Å². The largest absolute Gasteiger partial charge is 0.496 e. The molecule has 0 aliphatic rings. The summed E-state index contributed by atoms with van der Waals surface area (Å²) in [6, 6.07) is 23.3. The van der Waals surface area contributed by atoms with Crippen molar-refractivity contribution >= 4 is 17.8 Å². The highest BCUT2D eigenvalue weighted by atomic mass is 35.5. The van der Waals surface area contributed by atoms with Gasteiger partial charge in [0.05, 0.1) is 19.9 Å². The molecule has 3 aromatic rings. The topological polar surface area (TPSA) is 42.8 Å². The second-order valence-electron chi connectivity index (χ2n) is 5.90. The number of ether oxygens (including phenoxy) is 2. The van der Waals surface area contributed by atoms with Gasteiger partial charge in [-0.05, 0) is 41.5 Å². The molecule has 0 saturated carbocycles. The first-order valence-corrected chi connectivity index (χ1v) is 8.97. The van der Waals surface area contributed by atoms with E-state index in [1.54, 1.807) is 13.3 Å². The highest BCUT2D eigenvalue weighted by Crippen LogP contribution is 2.17. The molecule has 0 spiro atoms. The Labute approximate surface area is 164 Å². The predicted molar refractivity (Wildman–Crippen MR) is 110 cm³/mol. The van der Waals surface area contributed by atoms with Crippen LogP contribution in [0.4, 0.5) is 0 Å². The van der Waals surface area contributed by atoms with Crippen molar-refractivity contribution in [3.8, 4) is 11.5 Å². The molecule has 0 aliphatic heterocycles. The lowest BCUT2D eigenvalue weighted by atomic mass is 10.2. The number of nitrogens with zero attached hydrogens (tertiary/aromatic N) is 1. The number of benzene rings is 3. The van der Waals surface area contributed by atoms with Crippen molar-refractivity contribution in [1.29, 1.82) is 0 Å². The first-order valence-electron chi connectivity index (χ1n) is 8.60. The van der Waals surface area contributed by atoms with Gasteiger partial charge in [0.15, 0.2) is 0 Å². The Morgan fingerprint density at radius 1 is 1.00 bits per heavy atom. The summed E-state index contributed by atoms with van der Waals surface area (Å²) in [5.41, 5.74) is 6.07. The first-order chi connectivity index (χ1) is 13.2. The number of hydrogen-bond acceptors (Lipinski definition) is 4. The van der Waals surface area contributed by atoms with Gasteiger partial charge in [0.25, 0.3) is 0 Å². The molecule has 5 heteroatoms. The maximum Gasteiger partial charge on any atom is 0.123 e. The lowest BCUT2D eigenvalue weighted by Gasteiger charge is -2.08. The van der Waals surface area contributed by atoms with Crippen LogP contribution in [0.25, 0.3) is 0 Å². The molecule has 0 aliphatic carbocycles. The highest BCUT2D eigenvalue weighted by molar-refractivity contribution is 6.30. The second kappa shape index (κ2) is 9.64. The SMILES string of the molecule is COc1ccccc1CN/N=C\c1cccc(OCc2cccc(Cl)c2)c1. The average molecular weight is 381 g/mol. The minimum Gasteiger partial charge on any atom is -0.496 e. The molecule has 0 unspecified atom stereocenters. The van der Waals surface area contributed by atoms with E-state index in [1.807, 2.05) is 72.8 Å². The number of rotatable bonds is 8. The van der Waals surface area contributed by atoms with E-state index >= 15 is 0 Å². The van der Waals surface area contributed by atoms with Gasteiger partial charge < -0.3 is 14.9 Å². The van der Waals surface area contributed by atoms with Crippen molar-refractivity contribution in [3.63, 3.8) is 0 Å². The minimum atomic E-state index is 0.465. The average Bonchev–Trinajstić information content (AvgIpc) is 2.70. The Hall–Kier alpha value is -2.98. The molecule has 3 aromatic carbocycles. The molecule has 1 N–H and O–H groups in total. The summed E-state index contributed by atoms with van der Waals surface area (Å²) in [4.78, 5) is 0. The van der Waals surface area contributed by atoms with Gasteiger partial charge in [-0.3, -0.25) is 0 Å². The fourth-order valence-electron chi connectivity index (χ4n) is 2.58. The number of nitrogens with one attached hydrogen (secondary N) is 1. The maximum absolute atomic E-state index is 6.00. The zero-order chi connectivity index (χ0) is 18.9. The number of hydrazone groups is 1. The van der Waals surface area contributed by atoms with E-state index in [4.69, 9.17) is 21.1 Å². The van der Waals surface area contributed by atoms with E-state index in [0.29, 0.717) is 18.2 Å². The van der Waals surface area contributed by atoms with Crippen LogP contribution in [-0.2, 0) is 13.2 Å². The third kappa shape index (κ3) is 5.76. The van der Waals surface area contributed by atoms with Gasteiger partial charge in [-0.15, -0.1) is 0 Å². The van der Waals surface area contributed by atoms with E-state index in [0.717, 1.165) is 28.2 Å². The normalized spacial score (nSPS) is 10.7. The summed E-state index contributed by atoms with van der Waals surface area (Å²) in [5, 5.41) is 4.99. The van der Waals surface area contributed by atoms with Gasteiger partial charge in [0, 0.05) is 10.6 Å². The standard InChI is InChI=1S/C22H21ClN2O2/c1-26-22-11-3-2-8-19(22)15-25-24-14-17-6-5-10-21(13-17)27-16-18-7-4-9-20(23)12-18/h2-14,25H,15-16H2,1H3/b24-14-. The molecule has 0 bridgehead atoms. The van der Waals surface area contributed by atoms with E-state index in [1.165, 1.54) is 0 Å². The van der Waals surface area contributed by atoms with E-state index in [-0.39, 0.29) is 0 Å². The lowest BCUT2D eigenvalue weighted by Crippen LogP contribution is -2.06. The Morgan fingerprint density at radius 3 is 2.70 bits per heavy atom. The molecule has 0 fully saturated rings. The molecule has 4 nitrogen and oxygen atoms in total. The van der Waals surface area contributed by atoms with Crippen LogP contribution in [-0.4, -0.2) is 13.3 Å². The van der Waals surface area contributed by atoms with Crippen molar-refractivity contribution in [2.75, 3.05) is 7.11 Å². The molecular weight excluding hydrogens is 360 g/mol. The quantitative estimate of drug-likeness (QED) is 0.439. The molecule has 0 saturated heterocycles. The van der Waals surface area contributed by atoms with Gasteiger partial charge in [-0.2, -0.15) is 5.10 Å². The van der Waals surface area contributed by atoms with Crippen LogP contribution in [0, 0.1) is 0 Å². The van der Waals surface area contributed by atoms with Crippen LogP contribution in [0.2, 0.25) is 5.02 Å². The number of methoxy groups -OCH3 is 1. The maximum atomic E-state index is 6.00. The number of para-hydroxylation sites is 1. The van der Waals surface area contributed by atoms with Crippen molar-refractivity contribution in [1.82, 2.24) is 5.43 Å². The van der Waals surface area contributed by atoms with Crippen molar-refractivity contribution in [2.24, 2.45) is 5.10 Å². The summed E-state index contributed by atoms with van der Waals surface area (Å²) >= 11 is 6.00. The van der Waals surface area contributed by atoms with Crippen molar-refractivity contribution in [2.45, 2.75) is 13.2 Å².